The standard InChI is InChI=1S/C23H24ClN3O4S/c1-4-13(2)14-5-7-15(8-6-14)18-12-32-23(26-18)27-22(29)16-9-17(24)21(19(10-16)30-3)31-11-20(25)28/h5-10,12-13H,4,11H2,1-3H3,(H2,25,28)(H,26,27,29). The van der Waals surface area contributed by atoms with Crippen LogP contribution in [0.4, 0.5) is 5.13 Å². The molecular formula is C23H24ClN3O4S. The van der Waals surface area contributed by atoms with Crippen LogP contribution in [-0.2, 0) is 4.79 Å². The van der Waals surface area contributed by atoms with Crippen molar-refractivity contribution in [1.82, 2.24) is 4.98 Å². The van der Waals surface area contributed by atoms with Gasteiger partial charge in [0.2, 0.25) is 0 Å². The van der Waals surface area contributed by atoms with E-state index in [4.69, 9.17) is 26.8 Å². The van der Waals surface area contributed by atoms with Gasteiger partial charge < -0.3 is 15.2 Å². The Morgan fingerprint density at radius 1 is 1.25 bits per heavy atom. The lowest BCUT2D eigenvalue weighted by molar-refractivity contribution is -0.119. The number of hydrogen-bond donors (Lipinski definition) is 2. The van der Waals surface area contributed by atoms with Crippen LogP contribution in [0.1, 0.15) is 42.1 Å². The number of hydrogen-bond acceptors (Lipinski definition) is 6. The molecule has 9 heteroatoms. The van der Waals surface area contributed by atoms with E-state index in [0.29, 0.717) is 11.0 Å². The highest BCUT2D eigenvalue weighted by molar-refractivity contribution is 7.14. The number of aromatic nitrogens is 1. The molecule has 7 nitrogen and oxygen atoms in total. The summed E-state index contributed by atoms with van der Waals surface area (Å²) in [6, 6.07) is 11.2. The molecule has 0 radical (unpaired) electrons. The van der Waals surface area contributed by atoms with Gasteiger partial charge in [-0.15, -0.1) is 11.3 Å². The van der Waals surface area contributed by atoms with Gasteiger partial charge >= 0.3 is 0 Å². The Kier molecular flexibility index (Phi) is 7.71. The second-order valence-electron chi connectivity index (χ2n) is 7.17. The van der Waals surface area contributed by atoms with Crippen LogP contribution < -0.4 is 20.5 Å². The van der Waals surface area contributed by atoms with Crippen molar-refractivity contribution in [3.63, 3.8) is 0 Å². The maximum absolute atomic E-state index is 12.7. The Morgan fingerprint density at radius 2 is 1.97 bits per heavy atom. The average molecular weight is 474 g/mol. The first kappa shape index (κ1) is 23.6. The van der Waals surface area contributed by atoms with E-state index < -0.39 is 11.8 Å². The molecule has 2 aromatic carbocycles. The molecule has 0 aliphatic heterocycles. The van der Waals surface area contributed by atoms with Gasteiger partial charge in [-0.1, -0.05) is 49.7 Å². The minimum Gasteiger partial charge on any atom is -0.493 e. The van der Waals surface area contributed by atoms with Crippen molar-refractivity contribution < 1.29 is 19.1 Å². The lowest BCUT2D eigenvalue weighted by atomic mass is 9.97. The molecule has 0 aliphatic rings. The molecule has 3 N–H and O–H groups in total. The topological polar surface area (TPSA) is 104 Å². The molecule has 1 unspecified atom stereocenters. The molecule has 0 aliphatic carbocycles. The minimum absolute atomic E-state index is 0.122. The van der Waals surface area contributed by atoms with Crippen LogP contribution in [0.25, 0.3) is 11.3 Å². The number of benzene rings is 2. The number of carbonyl (C=O) groups excluding carboxylic acids is 2. The highest BCUT2D eigenvalue weighted by Gasteiger charge is 2.18. The number of nitrogens with one attached hydrogen (secondary N) is 1. The third-order valence-electron chi connectivity index (χ3n) is 4.96. The largest absolute Gasteiger partial charge is 0.493 e. The fourth-order valence-electron chi connectivity index (χ4n) is 2.99. The Labute approximate surface area is 195 Å². The summed E-state index contributed by atoms with van der Waals surface area (Å²) in [7, 11) is 1.41. The second-order valence-corrected chi connectivity index (χ2v) is 8.43. The number of thiazole rings is 1. The number of amides is 2. The molecule has 1 atom stereocenters. The van der Waals surface area contributed by atoms with Gasteiger partial charge in [-0.05, 0) is 30.0 Å². The average Bonchev–Trinajstić information content (AvgIpc) is 3.25. The van der Waals surface area contributed by atoms with Gasteiger partial charge in [0.25, 0.3) is 11.8 Å². The number of carbonyl (C=O) groups is 2. The first-order valence-electron chi connectivity index (χ1n) is 9.98. The summed E-state index contributed by atoms with van der Waals surface area (Å²) in [5.74, 6) is -0.198. The van der Waals surface area contributed by atoms with E-state index in [1.165, 1.54) is 36.1 Å². The van der Waals surface area contributed by atoms with Crippen molar-refractivity contribution in [1.29, 1.82) is 0 Å². The Morgan fingerprint density at radius 3 is 2.59 bits per heavy atom. The summed E-state index contributed by atoms with van der Waals surface area (Å²) in [6.45, 7) is 4.00. The zero-order valence-corrected chi connectivity index (χ0v) is 19.5. The maximum atomic E-state index is 12.7. The van der Waals surface area contributed by atoms with Crippen molar-refractivity contribution in [2.24, 2.45) is 5.73 Å². The number of methoxy groups -OCH3 is 1. The molecule has 2 amide bonds. The van der Waals surface area contributed by atoms with Crippen LogP contribution in [0.15, 0.2) is 41.8 Å². The van der Waals surface area contributed by atoms with Crippen molar-refractivity contribution in [2.75, 3.05) is 19.0 Å². The highest BCUT2D eigenvalue weighted by Crippen LogP contribution is 2.37. The first-order valence-corrected chi connectivity index (χ1v) is 11.2. The van der Waals surface area contributed by atoms with E-state index in [1.54, 1.807) is 0 Å². The molecule has 0 saturated carbocycles. The number of rotatable bonds is 9. The second kappa shape index (κ2) is 10.5. The lowest BCUT2D eigenvalue weighted by Gasteiger charge is -2.13. The monoisotopic (exact) mass is 473 g/mol. The Balaban J connectivity index is 1.74. The summed E-state index contributed by atoms with van der Waals surface area (Å²) in [6.07, 6.45) is 1.08. The molecule has 0 bridgehead atoms. The van der Waals surface area contributed by atoms with Crippen molar-refractivity contribution in [2.45, 2.75) is 26.2 Å². The zero-order valence-electron chi connectivity index (χ0n) is 18.0. The smallest absolute Gasteiger partial charge is 0.257 e. The summed E-state index contributed by atoms with van der Waals surface area (Å²) in [4.78, 5) is 28.2. The molecule has 3 aromatic rings. The van der Waals surface area contributed by atoms with Crippen LogP contribution >= 0.6 is 22.9 Å². The van der Waals surface area contributed by atoms with Gasteiger partial charge in [0.05, 0.1) is 17.8 Å². The number of nitrogens with two attached hydrogens (primary N) is 1. The fraction of sp³-hybridized carbons (Fsp3) is 0.261. The van der Waals surface area contributed by atoms with E-state index in [0.717, 1.165) is 17.7 Å². The minimum atomic E-state index is -0.654. The summed E-state index contributed by atoms with van der Waals surface area (Å²) >= 11 is 7.55. The molecule has 1 heterocycles. The first-order chi connectivity index (χ1) is 15.3. The third-order valence-corrected chi connectivity index (χ3v) is 6.00. The van der Waals surface area contributed by atoms with Crippen LogP contribution in [-0.4, -0.2) is 30.5 Å². The van der Waals surface area contributed by atoms with Crippen LogP contribution in [0, 0.1) is 0 Å². The number of ether oxygens (including phenoxy) is 2. The van der Waals surface area contributed by atoms with E-state index in [2.05, 4.69) is 36.3 Å². The lowest BCUT2D eigenvalue weighted by Crippen LogP contribution is -2.20. The summed E-state index contributed by atoms with van der Waals surface area (Å²) in [5, 5.41) is 5.25. The Hall–Kier alpha value is -3.10. The fourth-order valence-corrected chi connectivity index (χ4v) is 3.97. The summed E-state index contributed by atoms with van der Waals surface area (Å²) < 4.78 is 10.5. The van der Waals surface area contributed by atoms with Crippen molar-refractivity contribution in [3.8, 4) is 22.8 Å². The molecule has 0 spiro atoms. The van der Waals surface area contributed by atoms with E-state index in [-0.39, 0.29) is 28.7 Å². The number of primary amides is 1. The SMILES string of the molecule is CCC(C)c1ccc(-c2csc(NC(=O)c3cc(Cl)c(OCC(N)=O)c(OC)c3)n2)cc1. The van der Waals surface area contributed by atoms with Crippen LogP contribution in [0.2, 0.25) is 5.02 Å². The van der Waals surface area contributed by atoms with Crippen LogP contribution in [0.5, 0.6) is 11.5 Å². The van der Waals surface area contributed by atoms with E-state index >= 15 is 0 Å². The van der Waals surface area contributed by atoms with Crippen molar-refractivity contribution >= 4 is 39.9 Å². The van der Waals surface area contributed by atoms with Crippen molar-refractivity contribution in [3.05, 3.63) is 57.9 Å². The van der Waals surface area contributed by atoms with Crippen LogP contribution in [0.3, 0.4) is 0 Å². The van der Waals surface area contributed by atoms with Gasteiger partial charge in [-0.2, -0.15) is 0 Å². The number of anilines is 1. The molecule has 32 heavy (non-hydrogen) atoms. The zero-order chi connectivity index (χ0) is 23.3. The highest BCUT2D eigenvalue weighted by atomic mass is 35.5. The third kappa shape index (κ3) is 5.57. The van der Waals surface area contributed by atoms with Gasteiger partial charge in [0.1, 0.15) is 0 Å². The van der Waals surface area contributed by atoms with Gasteiger partial charge in [-0.3, -0.25) is 14.9 Å². The molecular weight excluding hydrogens is 450 g/mol. The molecule has 0 fully saturated rings. The molecule has 1 aromatic heterocycles. The summed E-state index contributed by atoms with van der Waals surface area (Å²) in [5.41, 5.74) is 8.41. The van der Waals surface area contributed by atoms with Gasteiger partial charge in [0.15, 0.2) is 23.2 Å². The molecule has 0 saturated heterocycles. The van der Waals surface area contributed by atoms with E-state index in [1.807, 2.05) is 17.5 Å². The molecule has 3 rings (SSSR count). The number of nitrogens with zero attached hydrogens (tertiary/aromatic N) is 1. The molecule has 168 valence electrons. The maximum Gasteiger partial charge on any atom is 0.257 e. The van der Waals surface area contributed by atoms with Gasteiger partial charge in [0, 0.05) is 16.5 Å². The van der Waals surface area contributed by atoms with E-state index in [9.17, 15) is 9.59 Å². The quantitative estimate of drug-likeness (QED) is 0.449. The predicted octanol–water partition coefficient (Wildman–Crippen LogP) is 5.10. The van der Waals surface area contributed by atoms with Gasteiger partial charge in [-0.25, -0.2) is 4.98 Å². The number of halogens is 1. The normalized spacial score (nSPS) is 11.6. The Bertz CT molecular complexity index is 1110. The predicted molar refractivity (Wildman–Crippen MR) is 127 cm³/mol.